The topological polar surface area (TPSA) is 142 Å². The lowest BCUT2D eigenvalue weighted by atomic mass is 9.95. The summed E-state index contributed by atoms with van der Waals surface area (Å²) < 4.78 is 0. The molecule has 18 aromatic rings. The van der Waals surface area contributed by atoms with Crippen molar-refractivity contribution in [1.82, 2.24) is 54.8 Å². The van der Waals surface area contributed by atoms with Crippen molar-refractivity contribution < 1.29 is 0 Å². The Hall–Kier alpha value is -13.8. The molecular weight excluding hydrogens is 1270 g/mol. The number of hydrogen-bond acceptors (Lipinski definition) is 11. The quantitative estimate of drug-likeness (QED) is 0.102. The second-order valence-corrected chi connectivity index (χ2v) is 26.0. The van der Waals surface area contributed by atoms with Crippen LogP contribution in [0, 0.1) is 6.92 Å². The molecule has 0 amide bonds. The Morgan fingerprint density at radius 2 is 0.587 bits per heavy atom. The molecule has 0 aliphatic rings. The molecule has 0 radical (unpaired) electrons. The average Bonchev–Trinajstić information content (AvgIpc) is 0.762. The van der Waals surface area contributed by atoms with Gasteiger partial charge in [-0.05, 0) is 107 Å². The van der Waals surface area contributed by atoms with Gasteiger partial charge in [-0.2, -0.15) is 0 Å². The van der Waals surface area contributed by atoms with Crippen molar-refractivity contribution in [3.8, 4) is 136 Å². The van der Waals surface area contributed by atoms with Gasteiger partial charge in [0.2, 0.25) is 0 Å². The molecule has 8 aromatic heterocycles. The van der Waals surface area contributed by atoms with Crippen LogP contribution in [0.4, 0.5) is 0 Å². The lowest BCUT2D eigenvalue weighted by Crippen LogP contribution is -2.00. The molecule has 10 aromatic carbocycles. The van der Waals surface area contributed by atoms with Crippen LogP contribution in [-0.2, 0) is 0 Å². The summed E-state index contributed by atoms with van der Waals surface area (Å²) >= 11 is 0. The third-order valence-electron chi connectivity index (χ3n) is 18.9. The van der Waals surface area contributed by atoms with Crippen molar-refractivity contribution in [3.05, 3.63) is 345 Å². The summed E-state index contributed by atoms with van der Waals surface area (Å²) in [7, 11) is 0. The van der Waals surface area contributed by atoms with Crippen LogP contribution in [0.3, 0.4) is 0 Å². The first-order valence-corrected chi connectivity index (χ1v) is 34.8. The molecule has 11 nitrogen and oxygen atoms in total. The van der Waals surface area contributed by atoms with Crippen molar-refractivity contribution in [1.29, 1.82) is 0 Å². The third-order valence-corrected chi connectivity index (χ3v) is 18.9. The minimum absolute atomic E-state index is 0.346. The van der Waals surface area contributed by atoms with Gasteiger partial charge in [0.05, 0.1) is 61.9 Å². The summed E-state index contributed by atoms with van der Waals surface area (Å²) in [4.78, 5) is 54.2. The summed E-state index contributed by atoms with van der Waals surface area (Å²) in [6.45, 7) is 6.62. The predicted molar refractivity (Wildman–Crippen MR) is 423 cm³/mol. The van der Waals surface area contributed by atoms with Crippen molar-refractivity contribution in [2.24, 2.45) is 0 Å². The summed E-state index contributed by atoms with van der Waals surface area (Å²) in [5.41, 5.74) is 25.5. The van der Waals surface area contributed by atoms with Gasteiger partial charge in [-0.3, -0.25) is 9.97 Å². The molecule has 0 saturated carbocycles. The van der Waals surface area contributed by atoms with Gasteiger partial charge >= 0.3 is 0 Å². The molecule has 18 rings (SSSR count). The monoisotopic (exact) mass is 1340 g/mol. The maximum atomic E-state index is 5.23. The number of nitrogens with zero attached hydrogens (tertiary/aromatic N) is 11. The van der Waals surface area contributed by atoms with Crippen LogP contribution >= 0.6 is 0 Å². The van der Waals surface area contributed by atoms with E-state index in [1.165, 1.54) is 11.1 Å². The zero-order chi connectivity index (χ0) is 69.9. The number of aryl methyl sites for hydroxylation is 1. The number of benzene rings is 10. The fourth-order valence-electron chi connectivity index (χ4n) is 13.4. The molecule has 11 heteroatoms. The molecule has 0 atom stereocenters. The van der Waals surface area contributed by atoms with Crippen LogP contribution < -0.4 is 0 Å². The fourth-order valence-corrected chi connectivity index (χ4v) is 13.4. The maximum Gasteiger partial charge on any atom is 0.182 e. The van der Waals surface area contributed by atoms with Gasteiger partial charge in [-0.15, -0.1) is 0 Å². The SMILES string of the molecule is CC(C)c1cc(-c2ccccc2)nc2c1ccc1ccc(-c3ccc(-c4ccc(-c5nc(-c6ccccc6)nc(-c6ccccn6)n5)cc4)cc3)nc12.Cc1cc(-c2ccccc2)nc2c1ccc1ccc(-c3ccc(-c4cccc(-c5cc(-c6ccccn6)nc(-c6ccccc6)n5)c4)cc3)nc12. The number of hydrogen-bond donors (Lipinski definition) is 0. The van der Waals surface area contributed by atoms with Crippen LogP contribution in [-0.4, -0.2) is 54.8 Å². The summed E-state index contributed by atoms with van der Waals surface area (Å²) in [5.74, 6) is 2.76. The van der Waals surface area contributed by atoms with Gasteiger partial charge in [0.1, 0.15) is 5.69 Å². The Morgan fingerprint density at radius 1 is 0.212 bits per heavy atom. The second-order valence-electron chi connectivity index (χ2n) is 26.0. The van der Waals surface area contributed by atoms with Gasteiger partial charge in [0.15, 0.2) is 23.3 Å². The molecular formula is C93H65N11. The molecule has 104 heavy (non-hydrogen) atoms. The van der Waals surface area contributed by atoms with Crippen molar-refractivity contribution >= 4 is 43.6 Å². The smallest absolute Gasteiger partial charge is 0.182 e. The Labute approximate surface area is 602 Å². The zero-order valence-electron chi connectivity index (χ0n) is 57.3. The molecule has 0 saturated heterocycles. The van der Waals surface area contributed by atoms with Crippen LogP contribution in [0.5, 0.6) is 0 Å². The van der Waals surface area contributed by atoms with Crippen LogP contribution in [0.1, 0.15) is 30.9 Å². The number of rotatable bonds is 13. The Balaban J connectivity index is 0.000000154. The summed E-state index contributed by atoms with van der Waals surface area (Å²) in [6, 6.07) is 110. The number of fused-ring (bicyclic) bond motifs is 6. The highest BCUT2D eigenvalue weighted by molar-refractivity contribution is 6.07. The first-order valence-electron chi connectivity index (χ1n) is 34.8. The second kappa shape index (κ2) is 28.1. The van der Waals surface area contributed by atoms with E-state index in [2.05, 4.69) is 225 Å². The molecule has 0 unspecified atom stereocenters. The third kappa shape index (κ3) is 13.1. The van der Waals surface area contributed by atoms with E-state index in [4.69, 9.17) is 44.9 Å². The molecule has 0 N–H and O–H groups in total. The summed E-state index contributed by atoms with van der Waals surface area (Å²) in [5, 5.41) is 4.42. The lowest BCUT2D eigenvalue weighted by molar-refractivity contribution is 0.875. The maximum absolute atomic E-state index is 5.23. The standard InChI is InChI=1S/C47H34N6.C46H31N5/c1-30(2)39-29-42(33-11-5-3-6-12-33)50-44-38(39)26-24-35-25-27-40(49-43(35)44)34-20-16-31(17-21-34)32-18-22-37(23-19-32)46-51-45(36-13-7-4-8-14-36)52-47(53-46)41-15-9-10-28-48-41;1-30-27-41(32-11-4-2-5-12-32)49-45-38(30)24-22-34-23-25-39(48-44(34)45)33-20-18-31(19-21-33)36-15-10-16-37(28-36)42-29-43(40-17-8-9-26-47-40)51-46(50-42)35-13-6-3-7-14-35/h3-30H,1-2H3;2-29H,1H3. The van der Waals surface area contributed by atoms with E-state index in [-0.39, 0.29) is 0 Å². The highest BCUT2D eigenvalue weighted by Gasteiger charge is 2.19. The average molecular weight is 1340 g/mol. The molecule has 0 bridgehead atoms. The number of aromatic nitrogens is 11. The molecule has 0 aliphatic carbocycles. The molecule has 0 spiro atoms. The first kappa shape index (κ1) is 63.7. The van der Waals surface area contributed by atoms with E-state index >= 15 is 0 Å². The number of pyridine rings is 6. The fraction of sp³-hybridized carbons (Fsp3) is 0.0430. The van der Waals surface area contributed by atoms with Crippen molar-refractivity contribution in [2.45, 2.75) is 26.7 Å². The van der Waals surface area contributed by atoms with Crippen molar-refractivity contribution in [2.75, 3.05) is 0 Å². The Morgan fingerprint density at radius 3 is 1.12 bits per heavy atom. The van der Waals surface area contributed by atoms with E-state index in [0.717, 1.165) is 150 Å². The molecule has 8 heterocycles. The van der Waals surface area contributed by atoms with Gasteiger partial charge in [-0.25, -0.2) is 44.9 Å². The lowest BCUT2D eigenvalue weighted by Gasteiger charge is -2.14. The normalized spacial score (nSPS) is 11.3. The highest BCUT2D eigenvalue weighted by atomic mass is 15.0. The van der Waals surface area contributed by atoms with E-state index in [9.17, 15) is 0 Å². The van der Waals surface area contributed by atoms with Crippen LogP contribution in [0.2, 0.25) is 0 Å². The van der Waals surface area contributed by atoms with E-state index < -0.39 is 0 Å². The highest BCUT2D eigenvalue weighted by Crippen LogP contribution is 2.38. The zero-order valence-corrected chi connectivity index (χ0v) is 57.3. The molecule has 492 valence electrons. The van der Waals surface area contributed by atoms with Crippen LogP contribution in [0.15, 0.2) is 334 Å². The minimum atomic E-state index is 0.346. The predicted octanol–water partition coefficient (Wildman–Crippen LogP) is 22.8. The van der Waals surface area contributed by atoms with E-state index in [0.29, 0.717) is 34.9 Å². The van der Waals surface area contributed by atoms with Crippen molar-refractivity contribution in [3.63, 3.8) is 0 Å². The van der Waals surface area contributed by atoms with Gasteiger partial charge in [0.25, 0.3) is 0 Å². The summed E-state index contributed by atoms with van der Waals surface area (Å²) in [6.07, 6.45) is 3.54. The molecule has 0 fully saturated rings. The van der Waals surface area contributed by atoms with Gasteiger partial charge < -0.3 is 0 Å². The molecule has 0 aliphatic heterocycles. The largest absolute Gasteiger partial charge is 0.255 e. The van der Waals surface area contributed by atoms with Gasteiger partial charge in [0, 0.05) is 78.4 Å². The van der Waals surface area contributed by atoms with Gasteiger partial charge in [-0.1, -0.05) is 275 Å². The Kier molecular flexibility index (Phi) is 17.2. The van der Waals surface area contributed by atoms with E-state index in [1.54, 1.807) is 12.4 Å². The Bertz CT molecular complexity index is 6030. The van der Waals surface area contributed by atoms with Crippen LogP contribution in [0.25, 0.3) is 179 Å². The minimum Gasteiger partial charge on any atom is -0.255 e. The first-order chi connectivity index (χ1) is 51.2. The van der Waals surface area contributed by atoms with E-state index in [1.807, 2.05) is 127 Å².